The Balaban J connectivity index is 1.65. The van der Waals surface area contributed by atoms with Crippen LogP contribution in [0, 0.1) is 11.3 Å². The highest BCUT2D eigenvalue weighted by atomic mass is 16.6. The summed E-state index contributed by atoms with van der Waals surface area (Å²) in [7, 11) is 1.67. The molecule has 1 amide bonds. The predicted octanol–water partition coefficient (Wildman–Crippen LogP) is 5.37. The maximum absolute atomic E-state index is 11.9. The van der Waals surface area contributed by atoms with Crippen LogP contribution in [0.2, 0.25) is 0 Å². The first kappa shape index (κ1) is 20.1. The molecule has 30 heavy (non-hydrogen) atoms. The molecule has 2 atom stereocenters. The number of anilines is 2. The van der Waals surface area contributed by atoms with Crippen LogP contribution in [-0.4, -0.2) is 25.3 Å². The molecule has 1 fully saturated rings. The Hall–Kier alpha value is -3.20. The van der Waals surface area contributed by atoms with Gasteiger partial charge in [0.25, 0.3) is 0 Å². The first-order valence-corrected chi connectivity index (χ1v) is 10.4. The van der Waals surface area contributed by atoms with Crippen LogP contribution in [-0.2, 0) is 4.74 Å². The van der Waals surface area contributed by atoms with Crippen molar-refractivity contribution in [3.8, 4) is 11.8 Å². The zero-order valence-corrected chi connectivity index (χ0v) is 17.6. The second-order valence-corrected chi connectivity index (χ2v) is 8.17. The van der Waals surface area contributed by atoms with Gasteiger partial charge in [0.2, 0.25) is 0 Å². The highest BCUT2D eigenvalue weighted by molar-refractivity contribution is 5.84. The highest BCUT2D eigenvalue weighted by Gasteiger charge is 2.44. The van der Waals surface area contributed by atoms with Gasteiger partial charge in [-0.2, -0.15) is 5.26 Å². The Morgan fingerprint density at radius 1 is 1.20 bits per heavy atom. The van der Waals surface area contributed by atoms with Gasteiger partial charge in [-0.25, -0.2) is 4.79 Å². The van der Waals surface area contributed by atoms with E-state index >= 15 is 0 Å². The fourth-order valence-corrected chi connectivity index (χ4v) is 4.32. The number of ether oxygens (including phenoxy) is 2. The average molecular weight is 405 g/mol. The number of rotatable bonds is 5. The molecule has 6 heteroatoms. The number of hydrogen-bond donors (Lipinski definition) is 1. The highest BCUT2D eigenvalue weighted by Crippen LogP contribution is 2.53. The monoisotopic (exact) mass is 405 g/mol. The van der Waals surface area contributed by atoms with Crippen LogP contribution < -0.4 is 15.0 Å². The molecule has 0 bridgehead atoms. The standard InChI is InChI=1S/C24H27N3O3/c1-15(2)30-24(28)26-17-9-7-16(8-10-17)23-21(14-25)20-12-11-19(29-3)13-22(20)27(23)18-5-4-6-18/h7-13,15,18,21,23H,4-6H2,1-3H3,(H,26,28). The molecular formula is C24H27N3O3. The fraction of sp³-hybridized carbons (Fsp3) is 0.417. The van der Waals surface area contributed by atoms with E-state index in [1.54, 1.807) is 7.11 Å². The third kappa shape index (κ3) is 3.68. The van der Waals surface area contributed by atoms with Crippen molar-refractivity contribution >= 4 is 17.5 Å². The molecule has 156 valence electrons. The van der Waals surface area contributed by atoms with Crippen molar-refractivity contribution in [3.63, 3.8) is 0 Å². The molecule has 1 heterocycles. The van der Waals surface area contributed by atoms with Crippen molar-refractivity contribution in [2.24, 2.45) is 0 Å². The SMILES string of the molecule is COc1ccc2c(c1)N(C1CCC1)C(c1ccc(NC(=O)OC(C)C)cc1)C2C#N. The maximum Gasteiger partial charge on any atom is 0.411 e. The number of amides is 1. The number of carbonyl (C=O) groups is 1. The van der Waals surface area contributed by atoms with E-state index in [0.717, 1.165) is 35.4 Å². The average Bonchev–Trinajstić information content (AvgIpc) is 3.00. The fourth-order valence-electron chi connectivity index (χ4n) is 4.32. The minimum absolute atomic E-state index is 0.0564. The second-order valence-electron chi connectivity index (χ2n) is 8.17. The Morgan fingerprint density at radius 3 is 2.50 bits per heavy atom. The first-order valence-electron chi connectivity index (χ1n) is 10.4. The van der Waals surface area contributed by atoms with Gasteiger partial charge in [0.05, 0.1) is 31.2 Å². The summed E-state index contributed by atoms with van der Waals surface area (Å²) in [5.41, 5.74) is 3.88. The van der Waals surface area contributed by atoms with Crippen molar-refractivity contribution in [1.29, 1.82) is 5.26 Å². The predicted molar refractivity (Wildman–Crippen MR) is 116 cm³/mol. The van der Waals surface area contributed by atoms with Crippen molar-refractivity contribution in [2.75, 3.05) is 17.3 Å². The van der Waals surface area contributed by atoms with Gasteiger partial charge in [0.1, 0.15) is 5.75 Å². The summed E-state index contributed by atoms with van der Waals surface area (Å²) >= 11 is 0. The molecule has 4 rings (SSSR count). The second kappa shape index (κ2) is 8.27. The van der Waals surface area contributed by atoms with Crippen molar-refractivity contribution in [2.45, 2.75) is 57.2 Å². The van der Waals surface area contributed by atoms with E-state index in [9.17, 15) is 10.1 Å². The van der Waals surface area contributed by atoms with Crippen LogP contribution in [0.1, 0.15) is 56.2 Å². The van der Waals surface area contributed by atoms with Crippen LogP contribution in [0.25, 0.3) is 0 Å². The summed E-state index contributed by atoms with van der Waals surface area (Å²) in [6, 6.07) is 16.6. The van der Waals surface area contributed by atoms with Crippen LogP contribution >= 0.6 is 0 Å². The van der Waals surface area contributed by atoms with Gasteiger partial charge in [0.15, 0.2) is 0 Å². The normalized spacial score (nSPS) is 20.3. The Labute approximate surface area is 177 Å². The summed E-state index contributed by atoms with van der Waals surface area (Å²) in [5.74, 6) is 0.551. The van der Waals surface area contributed by atoms with Crippen LogP contribution in [0.4, 0.5) is 16.2 Å². The molecular weight excluding hydrogens is 378 g/mol. The van der Waals surface area contributed by atoms with Crippen LogP contribution in [0.5, 0.6) is 5.75 Å². The van der Waals surface area contributed by atoms with E-state index in [4.69, 9.17) is 9.47 Å². The molecule has 1 N–H and O–H groups in total. The quantitative estimate of drug-likeness (QED) is 0.723. The Kier molecular flexibility index (Phi) is 5.54. The number of nitrogens with zero attached hydrogens (tertiary/aromatic N) is 2. The lowest BCUT2D eigenvalue weighted by atomic mass is 9.87. The number of benzene rings is 2. The third-order valence-electron chi connectivity index (χ3n) is 5.91. The summed E-state index contributed by atoms with van der Waals surface area (Å²) in [4.78, 5) is 14.3. The van der Waals surface area contributed by atoms with Gasteiger partial charge in [-0.15, -0.1) is 0 Å². The topological polar surface area (TPSA) is 74.6 Å². The lowest BCUT2D eigenvalue weighted by Gasteiger charge is -2.41. The molecule has 2 aromatic rings. The summed E-state index contributed by atoms with van der Waals surface area (Å²) < 4.78 is 10.6. The van der Waals surface area contributed by atoms with Gasteiger partial charge in [-0.1, -0.05) is 18.2 Å². The van der Waals surface area contributed by atoms with Gasteiger partial charge in [-0.05, 0) is 62.4 Å². The molecule has 1 aliphatic carbocycles. The van der Waals surface area contributed by atoms with E-state index < -0.39 is 6.09 Å². The molecule has 1 saturated carbocycles. The minimum atomic E-state index is -0.468. The van der Waals surface area contributed by atoms with Gasteiger partial charge in [-0.3, -0.25) is 5.32 Å². The maximum atomic E-state index is 11.9. The van der Waals surface area contributed by atoms with Crippen LogP contribution in [0.15, 0.2) is 42.5 Å². The van der Waals surface area contributed by atoms with E-state index in [1.807, 2.05) is 50.2 Å². The molecule has 2 unspecified atom stereocenters. The minimum Gasteiger partial charge on any atom is -0.497 e. The number of hydrogen-bond acceptors (Lipinski definition) is 5. The number of nitriles is 1. The molecule has 2 aliphatic rings. The molecule has 0 spiro atoms. The zero-order chi connectivity index (χ0) is 21.3. The van der Waals surface area contributed by atoms with Crippen molar-refractivity contribution in [3.05, 3.63) is 53.6 Å². The zero-order valence-electron chi connectivity index (χ0n) is 17.6. The van der Waals surface area contributed by atoms with E-state index in [1.165, 1.54) is 6.42 Å². The molecule has 2 aromatic carbocycles. The molecule has 6 nitrogen and oxygen atoms in total. The number of methoxy groups -OCH3 is 1. The van der Waals surface area contributed by atoms with Gasteiger partial charge >= 0.3 is 6.09 Å². The van der Waals surface area contributed by atoms with E-state index in [-0.39, 0.29) is 18.1 Å². The first-order chi connectivity index (χ1) is 14.5. The largest absolute Gasteiger partial charge is 0.497 e. The van der Waals surface area contributed by atoms with Crippen LogP contribution in [0.3, 0.4) is 0 Å². The number of fused-ring (bicyclic) bond motifs is 1. The Bertz CT molecular complexity index is 961. The van der Waals surface area contributed by atoms with E-state index in [2.05, 4.69) is 22.4 Å². The van der Waals surface area contributed by atoms with E-state index in [0.29, 0.717) is 11.7 Å². The summed E-state index contributed by atoms with van der Waals surface area (Å²) in [6.07, 6.45) is 2.83. The molecule has 0 aromatic heterocycles. The summed E-state index contributed by atoms with van der Waals surface area (Å²) in [5, 5.41) is 12.8. The molecule has 0 saturated heterocycles. The number of nitrogens with one attached hydrogen (secondary N) is 1. The van der Waals surface area contributed by atoms with Crippen molar-refractivity contribution < 1.29 is 14.3 Å². The van der Waals surface area contributed by atoms with Crippen molar-refractivity contribution in [1.82, 2.24) is 0 Å². The molecule has 1 aliphatic heterocycles. The summed E-state index contributed by atoms with van der Waals surface area (Å²) in [6.45, 7) is 3.62. The smallest absolute Gasteiger partial charge is 0.411 e. The third-order valence-corrected chi connectivity index (χ3v) is 5.91. The lowest BCUT2D eigenvalue weighted by Crippen LogP contribution is -2.41. The molecule has 0 radical (unpaired) electrons. The van der Waals surface area contributed by atoms with Gasteiger partial charge in [0, 0.05) is 23.5 Å². The Morgan fingerprint density at radius 2 is 1.93 bits per heavy atom. The van der Waals surface area contributed by atoms with Gasteiger partial charge < -0.3 is 14.4 Å². The lowest BCUT2D eigenvalue weighted by molar-refractivity contribution is 0.130. The number of carbonyl (C=O) groups excluding carboxylic acids is 1.